The van der Waals surface area contributed by atoms with Gasteiger partial charge in [0.05, 0.1) is 12.1 Å². The monoisotopic (exact) mass is 324 g/mol. The molecular formula is C20H24N2O2. The molecule has 2 unspecified atom stereocenters. The van der Waals surface area contributed by atoms with Crippen molar-refractivity contribution < 1.29 is 10.3 Å². The van der Waals surface area contributed by atoms with Crippen LogP contribution in [0.15, 0.2) is 48.5 Å². The SMILES string of the molecule is CCc1ccc(C#Cc2ccc(NC(CNO)C(C)O)cc2)cc1. The number of hydrogen-bond donors (Lipinski definition) is 4. The zero-order valence-corrected chi connectivity index (χ0v) is 14.1. The van der Waals surface area contributed by atoms with E-state index in [-0.39, 0.29) is 12.6 Å². The van der Waals surface area contributed by atoms with E-state index in [1.165, 1.54) is 5.56 Å². The summed E-state index contributed by atoms with van der Waals surface area (Å²) < 4.78 is 0. The summed E-state index contributed by atoms with van der Waals surface area (Å²) in [6.45, 7) is 4.07. The lowest BCUT2D eigenvalue weighted by molar-refractivity contribution is 0.119. The van der Waals surface area contributed by atoms with E-state index in [1.807, 2.05) is 36.4 Å². The number of aliphatic hydroxyl groups is 1. The summed E-state index contributed by atoms with van der Waals surface area (Å²) in [5, 5.41) is 21.6. The van der Waals surface area contributed by atoms with Crippen molar-refractivity contribution in [3.8, 4) is 11.8 Å². The fourth-order valence-electron chi connectivity index (χ4n) is 2.27. The maximum Gasteiger partial charge on any atom is 0.0726 e. The summed E-state index contributed by atoms with van der Waals surface area (Å²) in [7, 11) is 0. The van der Waals surface area contributed by atoms with E-state index in [9.17, 15) is 5.11 Å². The lowest BCUT2D eigenvalue weighted by atomic mass is 10.1. The Morgan fingerprint density at radius 2 is 1.50 bits per heavy atom. The Bertz CT molecular complexity index is 682. The first-order valence-corrected chi connectivity index (χ1v) is 8.15. The van der Waals surface area contributed by atoms with E-state index < -0.39 is 6.10 Å². The summed E-state index contributed by atoms with van der Waals surface area (Å²) in [6.07, 6.45) is 0.441. The van der Waals surface area contributed by atoms with Gasteiger partial charge < -0.3 is 15.6 Å². The Balaban J connectivity index is 2.02. The van der Waals surface area contributed by atoms with Gasteiger partial charge in [-0.3, -0.25) is 0 Å². The second-order valence-electron chi connectivity index (χ2n) is 5.73. The highest BCUT2D eigenvalue weighted by molar-refractivity contribution is 5.51. The number of rotatable bonds is 6. The highest BCUT2D eigenvalue weighted by Gasteiger charge is 2.13. The smallest absolute Gasteiger partial charge is 0.0726 e. The van der Waals surface area contributed by atoms with E-state index in [1.54, 1.807) is 6.92 Å². The average Bonchev–Trinajstić information content (AvgIpc) is 2.61. The van der Waals surface area contributed by atoms with Gasteiger partial charge in [-0.05, 0) is 55.3 Å². The van der Waals surface area contributed by atoms with Gasteiger partial charge in [-0.25, -0.2) is 5.48 Å². The quantitative estimate of drug-likeness (QED) is 0.487. The Hall–Kier alpha value is -2.32. The van der Waals surface area contributed by atoms with Crippen LogP contribution in [0.25, 0.3) is 0 Å². The maximum atomic E-state index is 9.67. The van der Waals surface area contributed by atoms with E-state index in [4.69, 9.17) is 5.21 Å². The van der Waals surface area contributed by atoms with Crippen LogP contribution in [-0.4, -0.2) is 29.0 Å². The summed E-state index contributed by atoms with van der Waals surface area (Å²) in [5.74, 6) is 6.30. The van der Waals surface area contributed by atoms with Crippen molar-refractivity contribution in [1.82, 2.24) is 5.48 Å². The lowest BCUT2D eigenvalue weighted by Gasteiger charge is -2.21. The molecule has 2 atom stereocenters. The van der Waals surface area contributed by atoms with E-state index in [0.717, 1.165) is 23.2 Å². The van der Waals surface area contributed by atoms with Gasteiger partial charge in [-0.15, -0.1) is 0 Å². The molecule has 0 aromatic heterocycles. The zero-order valence-electron chi connectivity index (χ0n) is 14.1. The van der Waals surface area contributed by atoms with Crippen molar-refractivity contribution in [2.45, 2.75) is 32.4 Å². The first-order chi connectivity index (χ1) is 11.6. The second-order valence-corrected chi connectivity index (χ2v) is 5.73. The van der Waals surface area contributed by atoms with E-state index in [2.05, 4.69) is 41.7 Å². The molecule has 0 aliphatic rings. The first-order valence-electron chi connectivity index (χ1n) is 8.15. The molecule has 4 nitrogen and oxygen atoms in total. The predicted octanol–water partition coefficient (Wildman–Crippen LogP) is 2.79. The Kier molecular flexibility index (Phi) is 6.83. The molecule has 0 spiro atoms. The summed E-state index contributed by atoms with van der Waals surface area (Å²) in [5.41, 5.74) is 6.18. The lowest BCUT2D eigenvalue weighted by Crippen LogP contribution is -2.39. The molecule has 0 aliphatic carbocycles. The van der Waals surface area contributed by atoms with Gasteiger partial charge in [-0.2, -0.15) is 0 Å². The first kappa shape index (κ1) is 18.0. The number of hydrogen-bond acceptors (Lipinski definition) is 4. The van der Waals surface area contributed by atoms with Crippen molar-refractivity contribution in [3.05, 3.63) is 65.2 Å². The van der Waals surface area contributed by atoms with Crippen LogP contribution in [0, 0.1) is 11.8 Å². The molecule has 0 bridgehead atoms. The van der Waals surface area contributed by atoms with Crippen molar-refractivity contribution >= 4 is 5.69 Å². The van der Waals surface area contributed by atoms with Crippen LogP contribution in [0.1, 0.15) is 30.5 Å². The van der Waals surface area contributed by atoms with Gasteiger partial charge in [0.1, 0.15) is 0 Å². The molecule has 0 heterocycles. The normalized spacial score (nSPS) is 12.8. The predicted molar refractivity (Wildman–Crippen MR) is 97.1 cm³/mol. The molecule has 0 aliphatic heterocycles. The molecule has 126 valence electrons. The molecule has 0 saturated heterocycles. The van der Waals surface area contributed by atoms with Crippen LogP contribution in [0.5, 0.6) is 0 Å². The van der Waals surface area contributed by atoms with Gasteiger partial charge in [0, 0.05) is 23.4 Å². The molecule has 2 rings (SSSR count). The van der Waals surface area contributed by atoms with Crippen LogP contribution in [0.3, 0.4) is 0 Å². The van der Waals surface area contributed by atoms with Gasteiger partial charge in [0.15, 0.2) is 0 Å². The number of hydroxylamine groups is 1. The Labute approximate surface area is 143 Å². The standard InChI is InChI=1S/C20H24N2O2/c1-3-16-4-6-17(7-5-16)8-9-18-10-12-19(13-11-18)22-20(14-21-24)15(2)23/h4-7,10-13,15,20-24H,3,14H2,1-2H3. The van der Waals surface area contributed by atoms with Gasteiger partial charge in [0.2, 0.25) is 0 Å². The molecule has 0 radical (unpaired) electrons. The molecule has 4 heteroatoms. The zero-order chi connectivity index (χ0) is 17.4. The molecule has 4 N–H and O–H groups in total. The summed E-state index contributed by atoms with van der Waals surface area (Å²) in [6, 6.07) is 15.7. The molecule has 0 fully saturated rings. The minimum absolute atomic E-state index is 0.257. The third kappa shape index (κ3) is 5.39. The number of aryl methyl sites for hydroxylation is 1. The van der Waals surface area contributed by atoms with Gasteiger partial charge in [0.25, 0.3) is 0 Å². The largest absolute Gasteiger partial charge is 0.391 e. The third-order valence-corrected chi connectivity index (χ3v) is 3.84. The van der Waals surface area contributed by atoms with Crippen LogP contribution in [0.2, 0.25) is 0 Å². The molecular weight excluding hydrogens is 300 g/mol. The Morgan fingerprint density at radius 1 is 0.958 bits per heavy atom. The minimum atomic E-state index is -0.588. The molecule has 0 amide bonds. The highest BCUT2D eigenvalue weighted by Crippen LogP contribution is 2.12. The topological polar surface area (TPSA) is 64.5 Å². The number of nitrogens with one attached hydrogen (secondary N) is 2. The third-order valence-electron chi connectivity index (χ3n) is 3.84. The van der Waals surface area contributed by atoms with Crippen molar-refractivity contribution in [2.75, 3.05) is 11.9 Å². The molecule has 2 aromatic carbocycles. The number of benzene rings is 2. The van der Waals surface area contributed by atoms with Gasteiger partial charge in [-0.1, -0.05) is 30.9 Å². The highest BCUT2D eigenvalue weighted by atomic mass is 16.5. The maximum absolute atomic E-state index is 9.67. The molecule has 24 heavy (non-hydrogen) atoms. The van der Waals surface area contributed by atoms with Crippen LogP contribution in [0.4, 0.5) is 5.69 Å². The molecule has 2 aromatic rings. The van der Waals surface area contributed by atoms with Crippen LogP contribution >= 0.6 is 0 Å². The van der Waals surface area contributed by atoms with E-state index in [0.29, 0.717) is 0 Å². The number of aliphatic hydroxyl groups excluding tert-OH is 1. The van der Waals surface area contributed by atoms with Crippen molar-refractivity contribution in [3.63, 3.8) is 0 Å². The second kappa shape index (κ2) is 9.09. The summed E-state index contributed by atoms with van der Waals surface area (Å²) in [4.78, 5) is 0. The summed E-state index contributed by atoms with van der Waals surface area (Å²) >= 11 is 0. The van der Waals surface area contributed by atoms with Crippen LogP contribution < -0.4 is 10.8 Å². The fraction of sp³-hybridized carbons (Fsp3) is 0.300. The fourth-order valence-corrected chi connectivity index (χ4v) is 2.27. The van der Waals surface area contributed by atoms with Crippen molar-refractivity contribution in [1.29, 1.82) is 0 Å². The van der Waals surface area contributed by atoms with Crippen molar-refractivity contribution in [2.24, 2.45) is 0 Å². The van der Waals surface area contributed by atoms with Crippen LogP contribution in [-0.2, 0) is 6.42 Å². The minimum Gasteiger partial charge on any atom is -0.391 e. The Morgan fingerprint density at radius 3 is 1.96 bits per heavy atom. The van der Waals surface area contributed by atoms with E-state index >= 15 is 0 Å². The molecule has 0 saturated carbocycles. The number of anilines is 1. The average molecular weight is 324 g/mol. The van der Waals surface area contributed by atoms with Gasteiger partial charge >= 0.3 is 0 Å².